The van der Waals surface area contributed by atoms with Crippen molar-refractivity contribution in [2.24, 2.45) is 5.73 Å². The van der Waals surface area contributed by atoms with Crippen LogP contribution in [0.2, 0.25) is 0 Å². The van der Waals surface area contributed by atoms with Crippen molar-refractivity contribution in [3.8, 4) is 0 Å². The molecule has 94 valence electrons. The number of halogens is 1. The molecule has 0 bridgehead atoms. The van der Waals surface area contributed by atoms with Crippen LogP contribution in [0.5, 0.6) is 0 Å². The van der Waals surface area contributed by atoms with Crippen LogP contribution in [0, 0.1) is 0 Å². The molecule has 0 amide bonds. The van der Waals surface area contributed by atoms with E-state index in [4.69, 9.17) is 5.73 Å². The van der Waals surface area contributed by atoms with E-state index in [1.165, 1.54) is 0 Å². The third-order valence-corrected chi connectivity index (χ3v) is 3.60. The summed E-state index contributed by atoms with van der Waals surface area (Å²) in [6.07, 6.45) is -0.572. The fraction of sp³-hybridized carbons (Fsp3) is 0.200. The second-order valence-electron chi connectivity index (χ2n) is 4.25. The van der Waals surface area contributed by atoms with Gasteiger partial charge in [-0.3, -0.25) is 0 Å². The number of nitrogens with two attached hydrogens (primary N) is 1. The van der Waals surface area contributed by atoms with E-state index in [0.29, 0.717) is 6.54 Å². The molecule has 2 unspecified atom stereocenters. The Balaban J connectivity index is 2.26. The number of hydrogen-bond donors (Lipinski definition) is 2. The van der Waals surface area contributed by atoms with Gasteiger partial charge in [0.15, 0.2) is 0 Å². The van der Waals surface area contributed by atoms with Crippen molar-refractivity contribution in [1.29, 1.82) is 0 Å². The molecule has 0 heterocycles. The molecule has 18 heavy (non-hydrogen) atoms. The van der Waals surface area contributed by atoms with E-state index in [1.807, 2.05) is 54.6 Å². The zero-order valence-electron chi connectivity index (χ0n) is 9.96. The summed E-state index contributed by atoms with van der Waals surface area (Å²) in [7, 11) is 0. The van der Waals surface area contributed by atoms with Crippen LogP contribution in [0.4, 0.5) is 0 Å². The third kappa shape index (κ3) is 2.99. The lowest BCUT2D eigenvalue weighted by Gasteiger charge is -2.22. The molecule has 0 aliphatic rings. The lowest BCUT2D eigenvalue weighted by molar-refractivity contribution is 0.147. The fourth-order valence-corrected chi connectivity index (χ4v) is 2.30. The van der Waals surface area contributed by atoms with Crippen molar-refractivity contribution in [1.82, 2.24) is 0 Å². The first kappa shape index (κ1) is 13.3. The van der Waals surface area contributed by atoms with Crippen LogP contribution in [-0.4, -0.2) is 11.7 Å². The highest BCUT2D eigenvalue weighted by Crippen LogP contribution is 2.30. The van der Waals surface area contributed by atoms with Crippen molar-refractivity contribution in [3.63, 3.8) is 0 Å². The molecule has 0 radical (unpaired) electrons. The molecule has 0 aliphatic carbocycles. The number of benzene rings is 2. The van der Waals surface area contributed by atoms with E-state index in [0.717, 1.165) is 15.6 Å². The number of hydrogen-bond acceptors (Lipinski definition) is 2. The SMILES string of the molecule is NCC(c1ccc(Br)cc1)C(O)c1ccccc1. The molecule has 2 nitrogen and oxygen atoms in total. The van der Waals surface area contributed by atoms with Crippen LogP contribution in [-0.2, 0) is 0 Å². The van der Waals surface area contributed by atoms with Gasteiger partial charge in [0.1, 0.15) is 0 Å². The van der Waals surface area contributed by atoms with Crippen LogP contribution >= 0.6 is 15.9 Å². The quantitative estimate of drug-likeness (QED) is 0.911. The van der Waals surface area contributed by atoms with Crippen LogP contribution in [0.3, 0.4) is 0 Å². The maximum Gasteiger partial charge on any atom is 0.0870 e. The van der Waals surface area contributed by atoms with Crippen molar-refractivity contribution in [3.05, 3.63) is 70.2 Å². The van der Waals surface area contributed by atoms with Crippen molar-refractivity contribution < 1.29 is 5.11 Å². The Morgan fingerprint density at radius 3 is 2.11 bits per heavy atom. The minimum absolute atomic E-state index is 0.0829. The van der Waals surface area contributed by atoms with Crippen molar-refractivity contribution in [2.75, 3.05) is 6.54 Å². The summed E-state index contributed by atoms with van der Waals surface area (Å²) >= 11 is 3.40. The van der Waals surface area contributed by atoms with Crippen molar-refractivity contribution >= 4 is 15.9 Å². The summed E-state index contributed by atoms with van der Waals surface area (Å²) < 4.78 is 1.02. The van der Waals surface area contributed by atoms with Gasteiger partial charge in [-0.05, 0) is 23.3 Å². The molecule has 2 atom stereocenters. The van der Waals surface area contributed by atoms with Gasteiger partial charge in [0.2, 0.25) is 0 Å². The zero-order chi connectivity index (χ0) is 13.0. The highest BCUT2D eigenvalue weighted by molar-refractivity contribution is 9.10. The zero-order valence-corrected chi connectivity index (χ0v) is 11.5. The van der Waals surface area contributed by atoms with Gasteiger partial charge in [0.25, 0.3) is 0 Å². The number of aliphatic hydroxyl groups excluding tert-OH is 1. The van der Waals surface area contributed by atoms with Gasteiger partial charge in [-0.25, -0.2) is 0 Å². The minimum atomic E-state index is -0.572. The van der Waals surface area contributed by atoms with E-state index in [1.54, 1.807) is 0 Å². The predicted octanol–water partition coefficient (Wildman–Crippen LogP) is 3.23. The summed E-state index contributed by atoms with van der Waals surface area (Å²) in [5.74, 6) is -0.0829. The Morgan fingerprint density at radius 2 is 1.56 bits per heavy atom. The largest absolute Gasteiger partial charge is 0.388 e. The topological polar surface area (TPSA) is 46.2 Å². The van der Waals surface area contributed by atoms with E-state index in [-0.39, 0.29) is 5.92 Å². The summed E-state index contributed by atoms with van der Waals surface area (Å²) in [5, 5.41) is 10.4. The summed E-state index contributed by atoms with van der Waals surface area (Å²) in [4.78, 5) is 0. The lowest BCUT2D eigenvalue weighted by atomic mass is 9.89. The summed E-state index contributed by atoms with van der Waals surface area (Å²) in [6, 6.07) is 17.6. The van der Waals surface area contributed by atoms with E-state index < -0.39 is 6.10 Å². The molecular weight excluding hydrogens is 290 g/mol. The smallest absolute Gasteiger partial charge is 0.0870 e. The first-order chi connectivity index (χ1) is 8.72. The van der Waals surface area contributed by atoms with Gasteiger partial charge in [0, 0.05) is 16.9 Å². The van der Waals surface area contributed by atoms with E-state index in [9.17, 15) is 5.11 Å². The molecular formula is C15H16BrNO. The van der Waals surface area contributed by atoms with E-state index >= 15 is 0 Å². The Labute approximate surface area is 116 Å². The van der Waals surface area contributed by atoms with Gasteiger partial charge in [-0.15, -0.1) is 0 Å². The van der Waals surface area contributed by atoms with Gasteiger partial charge in [-0.1, -0.05) is 58.4 Å². The Hall–Kier alpha value is -1.16. The maximum atomic E-state index is 10.4. The first-order valence-corrected chi connectivity index (χ1v) is 6.70. The molecule has 3 heteroatoms. The Kier molecular flexibility index (Phi) is 4.53. The lowest BCUT2D eigenvalue weighted by Crippen LogP contribution is -2.20. The molecule has 0 spiro atoms. The molecule has 0 fully saturated rings. The van der Waals surface area contributed by atoms with Crippen LogP contribution in [0.25, 0.3) is 0 Å². The molecule has 0 saturated carbocycles. The fourth-order valence-electron chi connectivity index (χ4n) is 2.04. The minimum Gasteiger partial charge on any atom is -0.388 e. The molecule has 2 aromatic carbocycles. The Bertz CT molecular complexity index is 484. The highest BCUT2D eigenvalue weighted by atomic mass is 79.9. The second kappa shape index (κ2) is 6.14. The van der Waals surface area contributed by atoms with Crippen LogP contribution < -0.4 is 5.73 Å². The third-order valence-electron chi connectivity index (χ3n) is 3.07. The first-order valence-electron chi connectivity index (χ1n) is 5.91. The summed E-state index contributed by atoms with van der Waals surface area (Å²) in [5.41, 5.74) is 7.76. The number of aliphatic hydroxyl groups is 1. The monoisotopic (exact) mass is 305 g/mol. The molecule has 0 aromatic heterocycles. The van der Waals surface area contributed by atoms with Gasteiger partial charge >= 0.3 is 0 Å². The number of rotatable bonds is 4. The maximum absolute atomic E-state index is 10.4. The molecule has 2 aromatic rings. The van der Waals surface area contributed by atoms with Crippen LogP contribution in [0.15, 0.2) is 59.1 Å². The summed E-state index contributed by atoms with van der Waals surface area (Å²) in [6.45, 7) is 0.414. The predicted molar refractivity (Wildman–Crippen MR) is 77.3 cm³/mol. The highest BCUT2D eigenvalue weighted by Gasteiger charge is 2.21. The standard InChI is InChI=1S/C15H16BrNO/c16-13-8-6-11(7-9-13)14(10-17)15(18)12-4-2-1-3-5-12/h1-9,14-15,18H,10,17H2. The van der Waals surface area contributed by atoms with Gasteiger partial charge < -0.3 is 10.8 Å². The molecule has 0 aliphatic heterocycles. The van der Waals surface area contributed by atoms with Crippen LogP contribution in [0.1, 0.15) is 23.1 Å². The average molecular weight is 306 g/mol. The second-order valence-corrected chi connectivity index (χ2v) is 5.16. The van der Waals surface area contributed by atoms with Gasteiger partial charge in [0.05, 0.1) is 6.10 Å². The Morgan fingerprint density at radius 1 is 0.944 bits per heavy atom. The van der Waals surface area contributed by atoms with Gasteiger partial charge in [-0.2, -0.15) is 0 Å². The molecule has 3 N–H and O–H groups in total. The van der Waals surface area contributed by atoms with Crippen molar-refractivity contribution in [2.45, 2.75) is 12.0 Å². The molecule has 2 rings (SSSR count). The average Bonchev–Trinajstić information content (AvgIpc) is 2.42. The molecule has 0 saturated heterocycles. The van der Waals surface area contributed by atoms with E-state index in [2.05, 4.69) is 15.9 Å². The normalized spacial score (nSPS) is 14.2.